The summed E-state index contributed by atoms with van der Waals surface area (Å²) in [5.41, 5.74) is 0. The molecule has 70 valence electrons. The topological polar surface area (TPSA) is 80.3 Å². The van der Waals surface area contributed by atoms with E-state index in [9.17, 15) is 19.8 Å². The van der Waals surface area contributed by atoms with Crippen molar-refractivity contribution in [2.75, 3.05) is 0 Å². The van der Waals surface area contributed by atoms with Crippen LogP contribution in [0, 0.1) is 0 Å². The normalized spacial score (nSPS) is 8.29. The Morgan fingerprint density at radius 3 is 1.21 bits per heavy atom. The fourth-order valence-corrected chi connectivity index (χ4v) is 0.892. The van der Waals surface area contributed by atoms with Gasteiger partial charge in [0.1, 0.15) is 0 Å². The molecule has 0 aromatic carbocycles. The van der Waals surface area contributed by atoms with Crippen molar-refractivity contribution in [1.29, 1.82) is 0 Å². The summed E-state index contributed by atoms with van der Waals surface area (Å²) in [6.07, 6.45) is 2.73. The maximum Gasteiger partial charge on any atom is 1.00 e. The molecule has 0 spiro atoms. The maximum atomic E-state index is 9.92. The molecule has 0 bridgehead atoms. The largest absolute Gasteiger partial charge is 1.00 e. The minimum absolute atomic E-state index is 0. The van der Waals surface area contributed by atoms with Crippen molar-refractivity contribution in [1.82, 2.24) is 0 Å². The molecular weight excluding hydrogens is 206 g/mol. The third-order valence-electron chi connectivity index (χ3n) is 1.51. The number of carboxylic acid groups (broad SMARTS) is 2. The van der Waals surface area contributed by atoms with Gasteiger partial charge in [0.2, 0.25) is 0 Å². The first kappa shape index (κ1) is 20.4. The van der Waals surface area contributed by atoms with Crippen molar-refractivity contribution in [2.24, 2.45) is 0 Å². The molecule has 0 N–H and O–H groups in total. The first-order valence-electron chi connectivity index (χ1n) is 4.02. The minimum Gasteiger partial charge on any atom is -0.550 e. The maximum absolute atomic E-state index is 9.92. The van der Waals surface area contributed by atoms with Crippen LogP contribution in [0.15, 0.2) is 0 Å². The summed E-state index contributed by atoms with van der Waals surface area (Å²) in [7, 11) is 0. The van der Waals surface area contributed by atoms with Gasteiger partial charge in [-0.1, -0.05) is 12.8 Å². The van der Waals surface area contributed by atoms with Gasteiger partial charge in [-0.05, 0) is 25.7 Å². The smallest absolute Gasteiger partial charge is 0.550 e. The Kier molecular flexibility index (Phi) is 20.3. The zero-order valence-corrected chi connectivity index (χ0v) is 12.9. The molecule has 0 aromatic heterocycles. The fourth-order valence-electron chi connectivity index (χ4n) is 0.892. The van der Waals surface area contributed by atoms with Crippen LogP contribution in [0.1, 0.15) is 38.5 Å². The average Bonchev–Trinajstić information content (AvgIpc) is 1.95. The van der Waals surface area contributed by atoms with Gasteiger partial charge in [-0.25, -0.2) is 0 Å². The molecule has 0 aromatic rings. The third kappa shape index (κ3) is 18.7. The zero-order chi connectivity index (χ0) is 9.40. The molecule has 6 heteroatoms. The molecule has 0 fully saturated rings. The molecule has 0 unspecified atom stereocenters. The van der Waals surface area contributed by atoms with E-state index in [1.807, 2.05) is 0 Å². The fraction of sp³-hybridized carbons (Fsp3) is 0.750. The molecule has 0 saturated carbocycles. The first-order valence-corrected chi connectivity index (χ1v) is 4.02. The number of carbonyl (C=O) groups excluding carboxylic acids is 2. The van der Waals surface area contributed by atoms with Crippen LogP contribution in [0.2, 0.25) is 0 Å². The van der Waals surface area contributed by atoms with Crippen molar-refractivity contribution in [2.45, 2.75) is 38.5 Å². The van der Waals surface area contributed by atoms with Crippen LogP contribution in [0.5, 0.6) is 0 Å². The van der Waals surface area contributed by atoms with Gasteiger partial charge in [0.25, 0.3) is 0 Å². The molecule has 0 radical (unpaired) electrons. The van der Waals surface area contributed by atoms with Gasteiger partial charge in [-0.2, -0.15) is 0 Å². The summed E-state index contributed by atoms with van der Waals surface area (Å²) in [5, 5.41) is 19.8. The Labute approximate surface area is 128 Å². The van der Waals surface area contributed by atoms with Gasteiger partial charge in [-0.15, -0.1) is 0 Å². The van der Waals surface area contributed by atoms with Crippen molar-refractivity contribution < 1.29 is 78.9 Å². The third-order valence-corrected chi connectivity index (χ3v) is 1.51. The molecule has 0 aliphatic heterocycles. The van der Waals surface area contributed by atoms with Crippen LogP contribution in [0.4, 0.5) is 0 Å². The van der Waals surface area contributed by atoms with Crippen LogP contribution in [-0.2, 0) is 9.59 Å². The minimum atomic E-state index is -1.05. The Bertz CT molecular complexity index is 143. The molecule has 0 atom stereocenters. The summed E-state index contributed by atoms with van der Waals surface area (Å²) in [5.74, 6) is -2.09. The van der Waals surface area contributed by atoms with Crippen molar-refractivity contribution >= 4 is 11.9 Å². The second kappa shape index (κ2) is 13.9. The molecule has 0 aliphatic rings. The Hall–Kier alpha value is 0.940. The van der Waals surface area contributed by atoms with E-state index in [2.05, 4.69) is 0 Å². The average molecular weight is 218 g/mol. The summed E-state index contributed by atoms with van der Waals surface area (Å²) >= 11 is 0. The number of rotatable bonds is 7. The van der Waals surface area contributed by atoms with E-state index >= 15 is 0 Å². The van der Waals surface area contributed by atoms with Crippen molar-refractivity contribution in [3.63, 3.8) is 0 Å². The van der Waals surface area contributed by atoms with E-state index in [1.54, 1.807) is 0 Å². The Morgan fingerprint density at radius 1 is 0.714 bits per heavy atom. The summed E-state index contributed by atoms with van der Waals surface area (Å²) < 4.78 is 0. The number of carboxylic acids is 2. The Balaban J connectivity index is -0.000000605. The summed E-state index contributed by atoms with van der Waals surface area (Å²) in [4.78, 5) is 19.8. The van der Waals surface area contributed by atoms with E-state index in [0.29, 0.717) is 12.8 Å². The molecule has 0 rings (SSSR count). The standard InChI is InChI=1S/C8H14O4.2Na/c9-7(10)5-3-1-2-4-6-8(11)12;;/h1-6H2,(H,9,10)(H,11,12);;/q;2*+1/p-2. The van der Waals surface area contributed by atoms with Gasteiger partial charge in [0.05, 0.1) is 0 Å². The van der Waals surface area contributed by atoms with Gasteiger partial charge in [0.15, 0.2) is 0 Å². The van der Waals surface area contributed by atoms with Crippen molar-refractivity contribution in [3.8, 4) is 0 Å². The number of hydrogen-bond donors (Lipinski definition) is 0. The molecule has 0 heterocycles. The van der Waals surface area contributed by atoms with E-state index < -0.39 is 11.9 Å². The van der Waals surface area contributed by atoms with Gasteiger partial charge >= 0.3 is 59.1 Å². The number of carbonyl (C=O) groups is 2. The van der Waals surface area contributed by atoms with Crippen molar-refractivity contribution in [3.05, 3.63) is 0 Å². The molecule has 0 aliphatic carbocycles. The molecule has 14 heavy (non-hydrogen) atoms. The van der Waals surface area contributed by atoms with Crippen LogP contribution in [0.25, 0.3) is 0 Å². The zero-order valence-electron chi connectivity index (χ0n) is 8.88. The first-order chi connectivity index (χ1) is 5.63. The van der Waals surface area contributed by atoms with Gasteiger partial charge < -0.3 is 19.8 Å². The van der Waals surface area contributed by atoms with E-state index in [0.717, 1.165) is 12.8 Å². The van der Waals surface area contributed by atoms with Gasteiger partial charge in [0, 0.05) is 11.9 Å². The van der Waals surface area contributed by atoms with E-state index in [1.165, 1.54) is 0 Å². The Morgan fingerprint density at radius 2 is 1.00 bits per heavy atom. The van der Waals surface area contributed by atoms with E-state index in [-0.39, 0.29) is 72.0 Å². The quantitative estimate of drug-likeness (QED) is 0.314. The molecular formula is C8H12Na2O4. The van der Waals surface area contributed by atoms with Crippen LogP contribution >= 0.6 is 0 Å². The monoisotopic (exact) mass is 218 g/mol. The predicted molar refractivity (Wildman–Crippen MR) is 37.7 cm³/mol. The van der Waals surface area contributed by atoms with Crippen LogP contribution in [-0.4, -0.2) is 11.9 Å². The molecule has 0 saturated heterocycles. The number of aliphatic carboxylic acids is 2. The second-order valence-corrected chi connectivity index (χ2v) is 2.66. The van der Waals surface area contributed by atoms with Crippen LogP contribution in [0.3, 0.4) is 0 Å². The SMILES string of the molecule is O=C([O-])CCCCCCC(=O)[O-].[Na+].[Na+]. The number of hydrogen-bond acceptors (Lipinski definition) is 4. The van der Waals surface area contributed by atoms with Crippen LogP contribution < -0.4 is 69.3 Å². The van der Waals surface area contributed by atoms with Gasteiger partial charge in [-0.3, -0.25) is 0 Å². The summed E-state index contributed by atoms with van der Waals surface area (Å²) in [6.45, 7) is 0. The molecule has 4 nitrogen and oxygen atoms in total. The molecule has 0 amide bonds. The predicted octanol–water partition coefficient (Wildman–Crippen LogP) is -7.17. The number of unbranched alkanes of at least 4 members (excludes halogenated alkanes) is 3. The second-order valence-electron chi connectivity index (χ2n) is 2.66. The summed E-state index contributed by atoms with van der Waals surface area (Å²) in [6, 6.07) is 0. The van der Waals surface area contributed by atoms with E-state index in [4.69, 9.17) is 0 Å².